The highest BCUT2D eigenvalue weighted by Crippen LogP contribution is 2.30. The quantitative estimate of drug-likeness (QED) is 0.817. The normalized spacial score (nSPS) is 14.3. The lowest BCUT2D eigenvalue weighted by molar-refractivity contribution is -0.275. The molecule has 0 fully saturated rings. The van der Waals surface area contributed by atoms with Crippen LogP contribution in [0.5, 0.6) is 5.75 Å². The Balaban J connectivity index is 3.00. The molecular formula is C14H21F3N2O3S. The molecule has 1 unspecified atom stereocenters. The van der Waals surface area contributed by atoms with Gasteiger partial charge in [0, 0.05) is 19.6 Å². The smallest absolute Gasteiger partial charge is 0.404 e. The number of nitrogens with two attached hydrogens (primary N) is 1. The molecule has 0 heterocycles. The number of rotatable bonds is 7. The zero-order chi connectivity index (χ0) is 17.8. The van der Waals surface area contributed by atoms with Gasteiger partial charge in [-0.2, -0.15) is 0 Å². The van der Waals surface area contributed by atoms with Crippen molar-refractivity contribution in [3.05, 3.63) is 24.3 Å². The van der Waals surface area contributed by atoms with Gasteiger partial charge in [-0.3, -0.25) is 0 Å². The summed E-state index contributed by atoms with van der Waals surface area (Å²) in [6, 6.07) is 4.45. The number of para-hydroxylation sites is 1. The molecule has 132 valence electrons. The molecule has 0 radical (unpaired) electrons. The predicted octanol–water partition coefficient (Wildman–Crippen LogP) is 2.58. The number of alkyl halides is 3. The van der Waals surface area contributed by atoms with Crippen LogP contribution in [0.1, 0.15) is 20.3 Å². The molecule has 1 aromatic carbocycles. The lowest BCUT2D eigenvalue weighted by Gasteiger charge is -2.22. The van der Waals surface area contributed by atoms with Crippen molar-refractivity contribution in [2.45, 2.75) is 37.6 Å². The average Bonchev–Trinajstić information content (AvgIpc) is 2.42. The fourth-order valence-electron chi connectivity index (χ4n) is 1.82. The fourth-order valence-corrected chi connectivity index (χ4v) is 3.12. The molecule has 1 atom stereocenters. The Morgan fingerprint density at radius 1 is 1.26 bits per heavy atom. The molecule has 0 aliphatic rings. The van der Waals surface area contributed by atoms with E-state index in [0.717, 1.165) is 16.4 Å². The van der Waals surface area contributed by atoms with Crippen molar-refractivity contribution in [2.24, 2.45) is 11.7 Å². The Morgan fingerprint density at radius 3 is 2.35 bits per heavy atom. The van der Waals surface area contributed by atoms with Crippen molar-refractivity contribution in [1.82, 2.24) is 4.31 Å². The molecule has 5 nitrogen and oxygen atoms in total. The van der Waals surface area contributed by atoms with Crippen LogP contribution in [0.4, 0.5) is 13.2 Å². The third kappa shape index (κ3) is 5.67. The molecule has 0 spiro atoms. The van der Waals surface area contributed by atoms with Gasteiger partial charge in [0.25, 0.3) is 0 Å². The van der Waals surface area contributed by atoms with Crippen molar-refractivity contribution < 1.29 is 26.3 Å². The number of benzene rings is 1. The summed E-state index contributed by atoms with van der Waals surface area (Å²) in [5, 5.41) is 0. The minimum atomic E-state index is -4.97. The first-order valence-corrected chi connectivity index (χ1v) is 8.46. The van der Waals surface area contributed by atoms with Crippen LogP contribution in [-0.2, 0) is 10.0 Å². The van der Waals surface area contributed by atoms with E-state index in [4.69, 9.17) is 5.73 Å². The number of hydrogen-bond donors (Lipinski definition) is 1. The first-order chi connectivity index (χ1) is 10.4. The molecule has 0 bridgehead atoms. The second kappa shape index (κ2) is 7.50. The molecule has 23 heavy (non-hydrogen) atoms. The van der Waals surface area contributed by atoms with Gasteiger partial charge in [-0.1, -0.05) is 26.0 Å². The van der Waals surface area contributed by atoms with E-state index in [-0.39, 0.29) is 18.5 Å². The van der Waals surface area contributed by atoms with Crippen LogP contribution in [-0.4, -0.2) is 38.7 Å². The molecule has 1 rings (SSSR count). The minimum absolute atomic E-state index is 0.0992. The van der Waals surface area contributed by atoms with Gasteiger partial charge in [0.15, 0.2) is 0 Å². The van der Waals surface area contributed by atoms with E-state index in [1.807, 2.05) is 13.8 Å². The highest BCUT2D eigenvalue weighted by molar-refractivity contribution is 7.89. The largest absolute Gasteiger partial charge is 0.573 e. The van der Waals surface area contributed by atoms with Gasteiger partial charge in [-0.05, 0) is 24.5 Å². The van der Waals surface area contributed by atoms with Crippen molar-refractivity contribution >= 4 is 10.0 Å². The first-order valence-electron chi connectivity index (χ1n) is 7.02. The monoisotopic (exact) mass is 354 g/mol. The Bertz CT molecular complexity index is 618. The number of ether oxygens (including phenoxy) is 1. The van der Waals surface area contributed by atoms with Crippen molar-refractivity contribution in [3.63, 3.8) is 0 Å². The van der Waals surface area contributed by atoms with E-state index < -0.39 is 27.0 Å². The van der Waals surface area contributed by atoms with E-state index in [0.29, 0.717) is 6.42 Å². The molecule has 0 aliphatic carbocycles. The zero-order valence-corrected chi connectivity index (χ0v) is 14.0. The van der Waals surface area contributed by atoms with Crippen LogP contribution in [0, 0.1) is 5.92 Å². The van der Waals surface area contributed by atoms with Crippen LogP contribution in [0.15, 0.2) is 29.2 Å². The van der Waals surface area contributed by atoms with Gasteiger partial charge in [-0.25, -0.2) is 12.7 Å². The molecule has 0 saturated carbocycles. The topological polar surface area (TPSA) is 72.6 Å². The number of nitrogens with zero attached hydrogens (tertiary/aromatic N) is 1. The highest BCUT2D eigenvalue weighted by Gasteiger charge is 2.34. The summed E-state index contributed by atoms with van der Waals surface area (Å²) in [6.45, 7) is 3.92. The summed E-state index contributed by atoms with van der Waals surface area (Å²) in [6.07, 6.45) is -4.57. The molecule has 9 heteroatoms. The van der Waals surface area contributed by atoms with E-state index in [9.17, 15) is 21.6 Å². The SMILES string of the molecule is CC(C)C(N)CCN(C)S(=O)(=O)c1ccccc1OC(F)(F)F. The van der Waals surface area contributed by atoms with Gasteiger partial charge in [0.1, 0.15) is 10.6 Å². The Morgan fingerprint density at radius 2 is 1.83 bits per heavy atom. The van der Waals surface area contributed by atoms with Gasteiger partial charge in [0.05, 0.1) is 0 Å². The summed E-state index contributed by atoms with van der Waals surface area (Å²) in [4.78, 5) is -0.530. The minimum Gasteiger partial charge on any atom is -0.404 e. The second-order valence-electron chi connectivity index (χ2n) is 5.52. The first kappa shape index (κ1) is 19.7. The maximum atomic E-state index is 12.5. The molecular weight excluding hydrogens is 333 g/mol. The van der Waals surface area contributed by atoms with Gasteiger partial charge >= 0.3 is 6.36 Å². The molecule has 0 aromatic heterocycles. The number of hydrogen-bond acceptors (Lipinski definition) is 4. The Labute approximate surface area is 134 Å². The predicted molar refractivity (Wildman–Crippen MR) is 80.4 cm³/mol. The fraction of sp³-hybridized carbons (Fsp3) is 0.571. The Kier molecular flexibility index (Phi) is 6.43. The van der Waals surface area contributed by atoms with Crippen molar-refractivity contribution in [3.8, 4) is 5.75 Å². The highest BCUT2D eigenvalue weighted by atomic mass is 32.2. The average molecular weight is 354 g/mol. The van der Waals surface area contributed by atoms with Crippen LogP contribution in [0.25, 0.3) is 0 Å². The van der Waals surface area contributed by atoms with Crippen molar-refractivity contribution in [2.75, 3.05) is 13.6 Å². The lowest BCUT2D eigenvalue weighted by atomic mass is 10.0. The number of sulfonamides is 1. The van der Waals surface area contributed by atoms with E-state index in [1.54, 1.807) is 0 Å². The van der Waals surface area contributed by atoms with E-state index in [2.05, 4.69) is 4.74 Å². The third-order valence-corrected chi connectivity index (χ3v) is 5.29. The summed E-state index contributed by atoms with van der Waals surface area (Å²) in [5.74, 6) is -0.577. The van der Waals surface area contributed by atoms with Gasteiger partial charge < -0.3 is 10.5 Å². The molecule has 1 aromatic rings. The molecule has 0 aliphatic heterocycles. The van der Waals surface area contributed by atoms with E-state index in [1.165, 1.54) is 19.2 Å². The van der Waals surface area contributed by atoms with Crippen molar-refractivity contribution in [1.29, 1.82) is 0 Å². The summed E-state index contributed by atoms with van der Waals surface area (Å²) >= 11 is 0. The number of halogens is 3. The lowest BCUT2D eigenvalue weighted by Crippen LogP contribution is -2.35. The molecule has 2 N–H and O–H groups in total. The van der Waals surface area contributed by atoms with Gasteiger partial charge in [-0.15, -0.1) is 13.2 Å². The second-order valence-corrected chi connectivity index (χ2v) is 7.53. The van der Waals surface area contributed by atoms with Crippen LogP contribution in [0.2, 0.25) is 0 Å². The van der Waals surface area contributed by atoms with Crippen LogP contribution in [0.3, 0.4) is 0 Å². The summed E-state index contributed by atoms with van der Waals surface area (Å²) in [5.41, 5.74) is 5.86. The molecule has 0 saturated heterocycles. The molecule has 0 amide bonds. The Hall–Kier alpha value is -1.32. The van der Waals surface area contributed by atoms with E-state index >= 15 is 0 Å². The summed E-state index contributed by atoms with van der Waals surface area (Å²) in [7, 11) is -2.81. The van der Waals surface area contributed by atoms with Crippen LogP contribution < -0.4 is 10.5 Å². The maximum Gasteiger partial charge on any atom is 0.573 e. The maximum absolute atomic E-state index is 12.5. The van der Waals surface area contributed by atoms with Crippen LogP contribution >= 0.6 is 0 Å². The zero-order valence-electron chi connectivity index (χ0n) is 13.2. The standard InChI is InChI=1S/C14H21F3N2O3S/c1-10(2)11(18)8-9-19(3)23(20,21)13-7-5-4-6-12(13)22-14(15,16)17/h4-7,10-11H,8-9,18H2,1-3H3. The third-order valence-electron chi connectivity index (χ3n) is 3.40. The van der Waals surface area contributed by atoms with Gasteiger partial charge in [0.2, 0.25) is 10.0 Å². The summed E-state index contributed by atoms with van der Waals surface area (Å²) < 4.78 is 66.9.